The Balaban J connectivity index is 2.75. The van der Waals surface area contributed by atoms with Crippen molar-refractivity contribution >= 4 is 0 Å². The summed E-state index contributed by atoms with van der Waals surface area (Å²) in [6.45, 7) is 1.92. The average Bonchev–Trinajstić information content (AvgIpc) is 2.05. The third-order valence-corrected chi connectivity index (χ3v) is 1.36. The number of hydrogen-bond donors (Lipinski definition) is 1. The lowest BCUT2D eigenvalue weighted by atomic mass is 10.2. The van der Waals surface area contributed by atoms with Crippen molar-refractivity contribution in [3.8, 4) is 0 Å². The number of aliphatic hydroxyl groups excluding tert-OH is 1. The van der Waals surface area contributed by atoms with Crippen LogP contribution < -0.4 is 0 Å². The predicted molar refractivity (Wildman–Crippen MR) is 38.3 cm³/mol. The van der Waals surface area contributed by atoms with Gasteiger partial charge in [0.2, 0.25) is 0 Å². The summed E-state index contributed by atoms with van der Waals surface area (Å²) in [7, 11) is 0. The van der Waals surface area contributed by atoms with E-state index in [2.05, 4.69) is 11.2 Å². The van der Waals surface area contributed by atoms with Gasteiger partial charge in [-0.1, -0.05) is 13.0 Å². The van der Waals surface area contributed by atoms with Gasteiger partial charge in [0.15, 0.2) is 0 Å². The van der Waals surface area contributed by atoms with Crippen molar-refractivity contribution in [2.45, 2.75) is 19.4 Å². The first kappa shape index (κ1) is 7.22. The van der Waals surface area contributed by atoms with Crippen LogP contribution in [0.15, 0.2) is 18.2 Å². The van der Waals surface area contributed by atoms with Gasteiger partial charge in [-0.25, -0.2) is 4.98 Å². The van der Waals surface area contributed by atoms with Crippen LogP contribution in [0.2, 0.25) is 0 Å². The van der Waals surface area contributed by atoms with Gasteiger partial charge in [-0.05, 0) is 18.6 Å². The first-order chi connectivity index (χ1) is 4.84. The van der Waals surface area contributed by atoms with E-state index < -0.39 is 6.10 Å². The van der Waals surface area contributed by atoms with Gasteiger partial charge in [0.05, 0.1) is 18.0 Å². The molecule has 0 saturated carbocycles. The molecule has 1 aromatic heterocycles. The Morgan fingerprint density at radius 1 is 1.80 bits per heavy atom. The Morgan fingerprint density at radius 2 is 2.60 bits per heavy atom. The molecule has 0 fully saturated rings. The van der Waals surface area contributed by atoms with Gasteiger partial charge in [-0.3, -0.25) is 0 Å². The van der Waals surface area contributed by atoms with E-state index in [1.54, 1.807) is 12.1 Å². The Kier molecular flexibility index (Phi) is 2.40. The normalized spacial score (nSPS) is 13.0. The molecular formula is C8H10NO. The van der Waals surface area contributed by atoms with Gasteiger partial charge in [-0.2, -0.15) is 0 Å². The lowest BCUT2D eigenvalue weighted by molar-refractivity contribution is 0.169. The van der Waals surface area contributed by atoms with Crippen molar-refractivity contribution in [2.75, 3.05) is 0 Å². The third-order valence-electron chi connectivity index (χ3n) is 1.36. The maximum atomic E-state index is 9.25. The highest BCUT2D eigenvalue weighted by Crippen LogP contribution is 2.11. The zero-order valence-corrected chi connectivity index (χ0v) is 5.91. The Morgan fingerprint density at radius 3 is 3.10 bits per heavy atom. The molecule has 0 spiro atoms. The molecule has 1 aromatic rings. The van der Waals surface area contributed by atoms with E-state index in [-0.39, 0.29) is 0 Å². The fourth-order valence-corrected chi connectivity index (χ4v) is 0.734. The molecular weight excluding hydrogens is 126 g/mol. The van der Waals surface area contributed by atoms with Crippen LogP contribution in [-0.2, 0) is 0 Å². The standard InChI is InChI=1S/C8H10NO/c1-2-8(10)7-5-3-4-6-9-7/h3-5,8,10H,2H2,1H3. The SMILES string of the molecule is CCC(O)c1ccc[c]n1. The van der Waals surface area contributed by atoms with E-state index in [0.717, 1.165) is 0 Å². The molecule has 1 N–H and O–H groups in total. The maximum Gasteiger partial charge on any atom is 0.0957 e. The zero-order chi connectivity index (χ0) is 7.40. The molecule has 1 radical (unpaired) electrons. The zero-order valence-electron chi connectivity index (χ0n) is 5.91. The van der Waals surface area contributed by atoms with Crippen LogP contribution >= 0.6 is 0 Å². The highest BCUT2D eigenvalue weighted by molar-refractivity contribution is 5.05. The first-order valence-corrected chi connectivity index (χ1v) is 3.35. The summed E-state index contributed by atoms with van der Waals surface area (Å²) in [6, 6.07) is 5.33. The molecule has 0 saturated heterocycles. The van der Waals surface area contributed by atoms with Crippen molar-refractivity contribution in [3.05, 3.63) is 30.1 Å². The number of aliphatic hydroxyl groups is 1. The first-order valence-electron chi connectivity index (χ1n) is 3.35. The molecule has 0 aliphatic heterocycles. The molecule has 1 atom stereocenters. The molecule has 0 aliphatic rings. The topological polar surface area (TPSA) is 33.1 Å². The smallest absolute Gasteiger partial charge is 0.0957 e. The highest BCUT2D eigenvalue weighted by Gasteiger charge is 2.02. The molecule has 53 valence electrons. The summed E-state index contributed by atoms with van der Waals surface area (Å²) in [5.41, 5.74) is 0.699. The Hall–Kier alpha value is -0.890. The fourth-order valence-electron chi connectivity index (χ4n) is 0.734. The van der Waals surface area contributed by atoms with Gasteiger partial charge in [0.1, 0.15) is 0 Å². The monoisotopic (exact) mass is 136 g/mol. The largest absolute Gasteiger partial charge is 0.387 e. The molecule has 2 nitrogen and oxygen atoms in total. The van der Waals surface area contributed by atoms with Crippen LogP contribution in [-0.4, -0.2) is 10.1 Å². The van der Waals surface area contributed by atoms with E-state index in [0.29, 0.717) is 12.1 Å². The van der Waals surface area contributed by atoms with Crippen molar-refractivity contribution in [2.24, 2.45) is 0 Å². The molecule has 0 aliphatic carbocycles. The summed E-state index contributed by atoms with van der Waals surface area (Å²) >= 11 is 0. The lowest BCUT2D eigenvalue weighted by Crippen LogP contribution is -1.96. The second-order valence-electron chi connectivity index (χ2n) is 2.12. The quantitative estimate of drug-likeness (QED) is 0.665. The molecule has 0 aromatic carbocycles. The van der Waals surface area contributed by atoms with E-state index in [9.17, 15) is 5.11 Å². The van der Waals surface area contributed by atoms with Crippen LogP contribution in [0.4, 0.5) is 0 Å². The molecule has 0 bridgehead atoms. The van der Waals surface area contributed by atoms with Gasteiger partial charge in [-0.15, -0.1) is 0 Å². The van der Waals surface area contributed by atoms with Crippen molar-refractivity contribution < 1.29 is 5.11 Å². The van der Waals surface area contributed by atoms with Crippen molar-refractivity contribution in [1.82, 2.24) is 4.98 Å². The van der Waals surface area contributed by atoms with E-state index in [1.165, 1.54) is 0 Å². The maximum absolute atomic E-state index is 9.25. The molecule has 10 heavy (non-hydrogen) atoms. The third kappa shape index (κ3) is 1.54. The minimum Gasteiger partial charge on any atom is -0.387 e. The average molecular weight is 136 g/mol. The minimum absolute atomic E-state index is 0.433. The van der Waals surface area contributed by atoms with Crippen molar-refractivity contribution in [3.63, 3.8) is 0 Å². The minimum atomic E-state index is -0.433. The summed E-state index contributed by atoms with van der Waals surface area (Å²) in [5.74, 6) is 0. The molecule has 1 rings (SSSR count). The van der Waals surface area contributed by atoms with Gasteiger partial charge in [0.25, 0.3) is 0 Å². The molecule has 0 amide bonds. The molecule has 2 heteroatoms. The summed E-state index contributed by atoms with van der Waals surface area (Å²) in [5, 5.41) is 9.25. The molecule has 1 unspecified atom stereocenters. The van der Waals surface area contributed by atoms with Crippen LogP contribution in [0.5, 0.6) is 0 Å². The number of rotatable bonds is 2. The van der Waals surface area contributed by atoms with Gasteiger partial charge >= 0.3 is 0 Å². The second-order valence-corrected chi connectivity index (χ2v) is 2.12. The highest BCUT2D eigenvalue weighted by atomic mass is 16.3. The summed E-state index contributed by atoms with van der Waals surface area (Å²) in [6.07, 6.45) is 2.93. The lowest BCUT2D eigenvalue weighted by Gasteiger charge is -2.04. The van der Waals surface area contributed by atoms with Crippen LogP contribution in [0, 0.1) is 6.20 Å². The predicted octanol–water partition coefficient (Wildman–Crippen LogP) is 1.33. The molecule has 1 heterocycles. The number of pyridine rings is 1. The fraction of sp³-hybridized carbons (Fsp3) is 0.375. The number of aromatic nitrogens is 1. The Labute approximate surface area is 60.5 Å². The van der Waals surface area contributed by atoms with Crippen LogP contribution in [0.1, 0.15) is 25.1 Å². The number of hydrogen-bond acceptors (Lipinski definition) is 2. The van der Waals surface area contributed by atoms with Gasteiger partial charge < -0.3 is 5.11 Å². The Bertz CT molecular complexity index is 186. The number of nitrogens with zero attached hydrogens (tertiary/aromatic N) is 1. The van der Waals surface area contributed by atoms with E-state index in [4.69, 9.17) is 0 Å². The van der Waals surface area contributed by atoms with Crippen LogP contribution in [0.3, 0.4) is 0 Å². The second kappa shape index (κ2) is 3.32. The van der Waals surface area contributed by atoms with Gasteiger partial charge in [0, 0.05) is 0 Å². The van der Waals surface area contributed by atoms with E-state index >= 15 is 0 Å². The van der Waals surface area contributed by atoms with Crippen LogP contribution in [0.25, 0.3) is 0 Å². The van der Waals surface area contributed by atoms with Crippen molar-refractivity contribution in [1.29, 1.82) is 0 Å². The summed E-state index contributed by atoms with van der Waals surface area (Å²) < 4.78 is 0. The summed E-state index contributed by atoms with van der Waals surface area (Å²) in [4.78, 5) is 3.87. The van der Waals surface area contributed by atoms with E-state index in [1.807, 2.05) is 13.0 Å².